The Morgan fingerprint density at radius 2 is 0.613 bits per heavy atom. The zero-order valence-corrected chi connectivity index (χ0v) is 72.3. The molecule has 0 aromatic heterocycles. The van der Waals surface area contributed by atoms with Gasteiger partial charge in [0.2, 0.25) is 0 Å². The van der Waals surface area contributed by atoms with Crippen LogP contribution in [0.15, 0.2) is 0 Å². The molecule has 6 aliphatic rings. The molecule has 0 saturated carbocycles. The van der Waals surface area contributed by atoms with Gasteiger partial charge in [-0.1, -0.05) is 138 Å². The second kappa shape index (κ2) is 50.5. The van der Waals surface area contributed by atoms with Crippen LogP contribution in [0, 0.1) is 191 Å². The molecule has 6 rings (SSSR count). The summed E-state index contributed by atoms with van der Waals surface area (Å²) in [5, 5.41) is 54.7. The molecule has 25 nitrogen and oxygen atoms in total. The van der Waals surface area contributed by atoms with Gasteiger partial charge in [-0.15, -0.1) is 0 Å². The number of piperidine rings is 6. The van der Waals surface area contributed by atoms with E-state index in [1.165, 1.54) is 4.90 Å². The summed E-state index contributed by atoms with van der Waals surface area (Å²) < 4.78 is 56.1. The van der Waals surface area contributed by atoms with E-state index in [0.717, 1.165) is 45.1 Å². The van der Waals surface area contributed by atoms with Crippen molar-refractivity contribution in [1.29, 1.82) is 31.6 Å². The summed E-state index contributed by atoms with van der Waals surface area (Å²) in [5.41, 5.74) is -0.0837. The minimum absolute atomic E-state index is 0.0158. The minimum atomic E-state index is -3.02. The van der Waals surface area contributed by atoms with Crippen molar-refractivity contribution in [1.82, 2.24) is 34.3 Å². The smallest absolute Gasteiger partial charge is 0.409 e. The van der Waals surface area contributed by atoms with Gasteiger partial charge >= 0.3 is 36.6 Å². The molecule has 0 N–H and O–H groups in total. The van der Waals surface area contributed by atoms with Crippen LogP contribution in [0.2, 0.25) is 0 Å². The van der Waals surface area contributed by atoms with Crippen molar-refractivity contribution in [2.75, 3.05) is 139 Å². The average Bonchev–Trinajstić information content (AvgIpc) is 0.869. The van der Waals surface area contributed by atoms with E-state index >= 15 is 0 Å². The number of rotatable bonds is 18. The largest absolute Gasteiger partial charge is 0.450 e. The summed E-state index contributed by atoms with van der Waals surface area (Å²) in [4.78, 5) is 83.5. The summed E-state index contributed by atoms with van der Waals surface area (Å²) in [5.74, 6) is 1.23. The zero-order chi connectivity index (χ0) is 84.8. The molecule has 6 amide bonds. The van der Waals surface area contributed by atoms with Crippen molar-refractivity contribution < 1.29 is 66.0 Å². The third-order valence-electron chi connectivity index (χ3n) is 21.3. The Kier molecular flexibility index (Phi) is 46.1. The van der Waals surface area contributed by atoms with Gasteiger partial charge in [0.15, 0.2) is 6.61 Å². The molecule has 6 heterocycles. The fourth-order valence-electron chi connectivity index (χ4n) is 14.6. The summed E-state index contributed by atoms with van der Waals surface area (Å²) in [7, 11) is 4.03. The number of ether oxygens (including phenoxy) is 6. The van der Waals surface area contributed by atoms with Gasteiger partial charge in [0.05, 0.1) is 105 Å². The molecule has 12 unspecified atom stereocenters. The van der Waals surface area contributed by atoms with E-state index in [4.69, 9.17) is 50.0 Å². The summed E-state index contributed by atoms with van der Waals surface area (Å²) >= 11 is 0. The fourth-order valence-corrected chi connectivity index (χ4v) is 14.6. The SMILES string of the molecule is CC(C)C1CN(C(=O)OCC(C)(C)C)CCC1C#N.CC(C)C1CN(C(=O)OCC(C)(C)CN(C)C)CCC1C#N.CC(C)C1CN(C(=O)OCC(C)(F)F)CCC1C#N.CC(C)COC(=O)N1CCC(C#N)C(C(C)C)C1.CCCOC(=O)N1CCC(C#N)C(C(C)C)C1.CCOC(=O)N1CCC(C#N)C(C(C)C)C1. The van der Waals surface area contributed by atoms with Gasteiger partial charge in [0.1, 0.15) is 0 Å². The number of alkyl halides is 2. The maximum atomic E-state index is 12.6. The molecule has 0 radical (unpaired) electrons. The number of carbonyl (C=O) groups is 6. The predicted molar refractivity (Wildman–Crippen MR) is 423 cm³/mol. The molecular weight excluding hydrogens is 1420 g/mol. The van der Waals surface area contributed by atoms with Gasteiger partial charge in [0.25, 0.3) is 5.92 Å². The third kappa shape index (κ3) is 37.7. The van der Waals surface area contributed by atoms with Gasteiger partial charge in [0, 0.05) is 97.4 Å². The number of hydrogen-bond acceptors (Lipinski definition) is 19. The maximum absolute atomic E-state index is 12.6. The Labute approximate surface area is 667 Å². The summed E-state index contributed by atoms with van der Waals surface area (Å²) in [6.45, 7) is 53.2. The fraction of sp³-hybridized carbons (Fsp3) is 0.857. The van der Waals surface area contributed by atoms with Gasteiger partial charge < -0.3 is 62.7 Å². The zero-order valence-electron chi connectivity index (χ0n) is 72.3. The van der Waals surface area contributed by atoms with Crippen molar-refractivity contribution in [3.05, 3.63) is 0 Å². The molecule has 111 heavy (non-hydrogen) atoms. The Hall–Kier alpha value is -7.62. The monoisotopic (exact) mass is 1560 g/mol. The standard InChI is InChI=1S/C17H31N3O2.C15H26N2O2.C14H24N2O2.C13H20F2N2O2.C13H22N2O2.C12H20N2O2/c1-13(2)15-10-20(8-7-14(15)9-18)16(21)22-12-17(3,4)11-19(5)6;1-11(2)13-9-17(7-6-12(13)8-16)14(18)19-10-15(3,4)5;1-10(2)9-18-14(17)16-6-5-12(7-15)13(8-16)11(3)4;1-9(2)11-7-17(5-4-10(11)6-16)12(18)19-8-13(3,14)15;1-4-7-17-13(16)15-6-5-11(8-14)12(9-15)10(2)3;1-4-16-12(15)14-6-5-10(7-13)11(8-14)9(2)3/h13-15H,7-8,10-12H2,1-6H3;11-13H,6-7,9-10H2,1-5H3;10-13H,5-6,8-9H2,1-4H3;9-11H,4-5,7-8H2,1-3H3;10-12H,4-7,9H2,1-3H3;9-11H,4-6,8H2,1-3H3. The molecule has 0 aliphatic carbocycles. The van der Waals surface area contributed by atoms with E-state index in [1.807, 2.05) is 69.5 Å². The molecule has 6 fully saturated rings. The lowest BCUT2D eigenvalue weighted by Crippen LogP contribution is -2.46. The molecule has 630 valence electrons. The number of nitriles is 6. The lowest BCUT2D eigenvalue weighted by atomic mass is 9.79. The normalized spacial score (nSPS) is 24.1. The lowest BCUT2D eigenvalue weighted by molar-refractivity contribution is -0.0483. The van der Waals surface area contributed by atoms with Crippen LogP contribution in [-0.2, 0) is 28.4 Å². The highest BCUT2D eigenvalue weighted by Crippen LogP contribution is 2.36. The predicted octanol–water partition coefficient (Wildman–Crippen LogP) is 16.8. The van der Waals surface area contributed by atoms with Crippen LogP contribution in [0.4, 0.5) is 37.5 Å². The van der Waals surface area contributed by atoms with E-state index in [2.05, 4.69) is 129 Å². The average molecular weight is 1570 g/mol. The van der Waals surface area contributed by atoms with E-state index in [0.29, 0.717) is 160 Å². The second-order valence-corrected chi connectivity index (χ2v) is 35.7. The maximum Gasteiger partial charge on any atom is 0.409 e. The van der Waals surface area contributed by atoms with Crippen molar-refractivity contribution in [2.45, 2.75) is 203 Å². The number of amides is 6. The first-order valence-electron chi connectivity index (χ1n) is 40.7. The first kappa shape index (κ1) is 101. The first-order valence-corrected chi connectivity index (χ1v) is 40.7. The number of likely N-dealkylation sites (tertiary alicyclic amines) is 6. The van der Waals surface area contributed by atoms with E-state index in [9.17, 15) is 42.8 Å². The molecule has 0 aromatic carbocycles. The Bertz CT molecular complexity index is 2990. The van der Waals surface area contributed by atoms with E-state index in [-0.39, 0.29) is 118 Å². The van der Waals surface area contributed by atoms with Crippen molar-refractivity contribution in [3.8, 4) is 36.4 Å². The van der Waals surface area contributed by atoms with Crippen molar-refractivity contribution >= 4 is 36.6 Å². The first-order chi connectivity index (χ1) is 51.8. The molecule has 0 spiro atoms. The van der Waals surface area contributed by atoms with Gasteiger partial charge in [-0.2, -0.15) is 31.6 Å². The Morgan fingerprint density at radius 3 is 0.820 bits per heavy atom. The number of carbonyl (C=O) groups excluding carboxylic acids is 6. The molecule has 6 aliphatic heterocycles. The molecule has 0 aromatic rings. The lowest BCUT2D eigenvalue weighted by Gasteiger charge is -2.37. The Morgan fingerprint density at radius 1 is 0.378 bits per heavy atom. The highest BCUT2D eigenvalue weighted by molar-refractivity contribution is 5.70. The van der Waals surface area contributed by atoms with E-state index in [1.54, 1.807) is 31.4 Å². The molecule has 6 saturated heterocycles. The number of hydrogen-bond donors (Lipinski definition) is 0. The highest BCUT2D eigenvalue weighted by Gasteiger charge is 2.41. The highest BCUT2D eigenvalue weighted by atomic mass is 19.3. The number of halogens is 2. The Balaban J connectivity index is 0.000000668. The summed E-state index contributed by atoms with van der Waals surface area (Å²) in [6.07, 6.45) is 3.29. The molecular formula is C84H143F2N13O12. The second-order valence-electron chi connectivity index (χ2n) is 35.7. The van der Waals surface area contributed by atoms with Crippen molar-refractivity contribution in [2.24, 2.45) is 123 Å². The van der Waals surface area contributed by atoms with Gasteiger partial charge in [-0.3, -0.25) is 0 Å². The van der Waals surface area contributed by atoms with Gasteiger partial charge in [-0.05, 0) is 148 Å². The molecule has 27 heteroatoms. The quantitative estimate of drug-likeness (QED) is 0.115. The molecule has 0 bridgehead atoms. The third-order valence-corrected chi connectivity index (χ3v) is 21.3. The summed E-state index contributed by atoms with van der Waals surface area (Å²) in [6, 6.07) is 14.1. The van der Waals surface area contributed by atoms with Crippen LogP contribution in [0.5, 0.6) is 0 Å². The van der Waals surface area contributed by atoms with Crippen LogP contribution in [0.25, 0.3) is 0 Å². The van der Waals surface area contributed by atoms with Crippen LogP contribution in [0.3, 0.4) is 0 Å². The van der Waals surface area contributed by atoms with Crippen molar-refractivity contribution in [3.63, 3.8) is 0 Å². The van der Waals surface area contributed by atoms with Crippen LogP contribution < -0.4 is 0 Å². The van der Waals surface area contributed by atoms with E-state index < -0.39 is 18.6 Å². The minimum Gasteiger partial charge on any atom is -0.450 e. The van der Waals surface area contributed by atoms with Crippen LogP contribution in [0.1, 0.15) is 197 Å². The number of nitrogens with zero attached hydrogens (tertiary/aromatic N) is 13. The topological polar surface area (TPSA) is 323 Å². The van der Waals surface area contributed by atoms with Crippen LogP contribution >= 0.6 is 0 Å². The van der Waals surface area contributed by atoms with Gasteiger partial charge in [-0.25, -0.2) is 37.5 Å². The van der Waals surface area contributed by atoms with Crippen LogP contribution in [-0.4, -0.2) is 216 Å². The molecule has 12 atom stereocenters.